The van der Waals surface area contributed by atoms with Crippen molar-refractivity contribution in [3.8, 4) is 5.06 Å². The highest BCUT2D eigenvalue weighted by Crippen LogP contribution is 2.50. The van der Waals surface area contributed by atoms with Crippen molar-refractivity contribution in [3.05, 3.63) is 47.0 Å². The molecule has 1 aliphatic carbocycles. The Kier molecular flexibility index (Phi) is 5.48. The van der Waals surface area contributed by atoms with Crippen LogP contribution in [0.1, 0.15) is 42.2 Å². The Morgan fingerprint density at radius 2 is 2.17 bits per heavy atom. The van der Waals surface area contributed by atoms with E-state index in [1.807, 2.05) is 24.9 Å². The van der Waals surface area contributed by atoms with Crippen LogP contribution >= 0.6 is 11.3 Å². The number of hydrogen-bond donors (Lipinski definition) is 1. The number of aromatic nitrogens is 2. The molecular formula is C21H22F3N3O2S. The minimum Gasteiger partial charge on any atom is -0.475 e. The molecule has 0 radical (unpaired) electrons. The molecule has 2 heterocycles. The molecule has 1 aliphatic rings. The van der Waals surface area contributed by atoms with E-state index >= 15 is 0 Å². The van der Waals surface area contributed by atoms with E-state index in [1.54, 1.807) is 6.07 Å². The van der Waals surface area contributed by atoms with Crippen molar-refractivity contribution in [2.24, 2.45) is 13.0 Å². The van der Waals surface area contributed by atoms with Gasteiger partial charge in [0.05, 0.1) is 17.8 Å². The van der Waals surface area contributed by atoms with Crippen molar-refractivity contribution in [3.63, 3.8) is 0 Å². The van der Waals surface area contributed by atoms with Gasteiger partial charge in [-0.1, -0.05) is 12.1 Å². The Labute approximate surface area is 175 Å². The zero-order chi connectivity index (χ0) is 21.5. The van der Waals surface area contributed by atoms with E-state index in [9.17, 15) is 18.0 Å². The highest BCUT2D eigenvalue weighted by molar-refractivity contribution is 7.13. The van der Waals surface area contributed by atoms with E-state index in [0.717, 1.165) is 33.5 Å². The zero-order valence-corrected chi connectivity index (χ0v) is 17.4. The van der Waals surface area contributed by atoms with Gasteiger partial charge in [-0.05, 0) is 48.9 Å². The Morgan fingerprint density at radius 3 is 2.93 bits per heavy atom. The minimum absolute atomic E-state index is 0.0530. The maximum absolute atomic E-state index is 12.4. The molecule has 0 bridgehead atoms. The SMILES string of the molecule is C[C@@H](NC(=O)C[C@@H]1C[C@H]1c1ccc2cnn(C)c2c1)c1ccc(OCC(F)(F)F)s1. The topological polar surface area (TPSA) is 56.2 Å². The lowest BCUT2D eigenvalue weighted by molar-refractivity contribution is -0.152. The summed E-state index contributed by atoms with van der Waals surface area (Å²) in [5, 5.41) is 8.49. The lowest BCUT2D eigenvalue weighted by atomic mass is 10.1. The van der Waals surface area contributed by atoms with E-state index in [0.29, 0.717) is 18.3 Å². The van der Waals surface area contributed by atoms with Crippen LogP contribution in [-0.2, 0) is 11.8 Å². The summed E-state index contributed by atoms with van der Waals surface area (Å²) < 4.78 is 43.4. The van der Waals surface area contributed by atoms with E-state index in [-0.39, 0.29) is 17.0 Å². The summed E-state index contributed by atoms with van der Waals surface area (Å²) in [4.78, 5) is 13.2. The number of fused-ring (bicyclic) bond motifs is 1. The highest BCUT2D eigenvalue weighted by Gasteiger charge is 2.39. The second-order valence-electron chi connectivity index (χ2n) is 7.74. The molecule has 30 heavy (non-hydrogen) atoms. The Hall–Kier alpha value is -2.55. The van der Waals surface area contributed by atoms with Crippen LogP contribution in [0.4, 0.5) is 13.2 Å². The molecule has 0 unspecified atom stereocenters. The monoisotopic (exact) mass is 437 g/mol. The fourth-order valence-electron chi connectivity index (χ4n) is 3.68. The third-order valence-electron chi connectivity index (χ3n) is 5.36. The number of carbonyl (C=O) groups excluding carboxylic acids is 1. The van der Waals surface area contributed by atoms with Gasteiger partial charge < -0.3 is 10.1 Å². The lowest BCUT2D eigenvalue weighted by Crippen LogP contribution is -2.26. The van der Waals surface area contributed by atoms with Gasteiger partial charge >= 0.3 is 6.18 Å². The fourth-order valence-corrected chi connectivity index (χ4v) is 4.54. The van der Waals surface area contributed by atoms with Crippen LogP contribution in [0.25, 0.3) is 10.9 Å². The normalized spacial score (nSPS) is 19.6. The van der Waals surface area contributed by atoms with Gasteiger partial charge in [0.2, 0.25) is 5.91 Å². The number of carbonyl (C=O) groups is 1. The van der Waals surface area contributed by atoms with Gasteiger partial charge in [-0.25, -0.2) is 0 Å². The van der Waals surface area contributed by atoms with Crippen molar-refractivity contribution in [1.29, 1.82) is 0 Å². The zero-order valence-electron chi connectivity index (χ0n) is 16.6. The predicted molar refractivity (Wildman–Crippen MR) is 109 cm³/mol. The summed E-state index contributed by atoms with van der Waals surface area (Å²) in [7, 11) is 1.91. The molecule has 160 valence electrons. The molecule has 5 nitrogen and oxygen atoms in total. The Bertz CT molecular complexity index is 1060. The van der Waals surface area contributed by atoms with Gasteiger partial charge in [0.25, 0.3) is 0 Å². The van der Waals surface area contributed by atoms with Gasteiger partial charge in [0.1, 0.15) is 0 Å². The molecule has 3 aromatic rings. The largest absolute Gasteiger partial charge is 0.475 e. The average Bonchev–Trinajstić information content (AvgIpc) is 3.10. The number of halogens is 3. The molecule has 1 saturated carbocycles. The number of rotatable bonds is 7. The molecule has 4 rings (SSSR count). The number of nitrogens with zero attached hydrogens (tertiary/aromatic N) is 2. The number of thiophene rings is 1. The summed E-state index contributed by atoms with van der Waals surface area (Å²) in [6.45, 7) is 0.499. The molecule has 1 amide bonds. The minimum atomic E-state index is -4.37. The van der Waals surface area contributed by atoms with Gasteiger partial charge in [-0.3, -0.25) is 9.48 Å². The standard InChI is InChI=1S/C21H22F3N3O2S/c1-12(18-5-6-20(30-18)29-11-21(22,23)24)26-19(28)9-15-7-16(15)13-3-4-14-10-25-27(2)17(14)8-13/h3-6,8,10,12,15-16H,7,9,11H2,1-2H3,(H,26,28)/t12-,15+,16+/m1/s1. The molecule has 1 N–H and O–H groups in total. The first-order valence-corrected chi connectivity index (χ1v) is 10.5. The third-order valence-corrected chi connectivity index (χ3v) is 6.54. The molecule has 0 aliphatic heterocycles. The predicted octanol–water partition coefficient (Wildman–Crippen LogP) is 4.95. The summed E-state index contributed by atoms with van der Waals surface area (Å²) in [5.74, 6) is 0.620. The van der Waals surface area contributed by atoms with Gasteiger partial charge in [-0.15, -0.1) is 11.3 Å². The second kappa shape index (κ2) is 7.94. The van der Waals surface area contributed by atoms with Crippen molar-refractivity contribution in [2.45, 2.75) is 37.9 Å². The number of aryl methyl sites for hydroxylation is 1. The van der Waals surface area contributed by atoms with Crippen LogP contribution in [0.2, 0.25) is 0 Å². The van der Waals surface area contributed by atoms with Gasteiger partial charge in [0.15, 0.2) is 11.7 Å². The van der Waals surface area contributed by atoms with Gasteiger partial charge in [-0.2, -0.15) is 18.3 Å². The summed E-state index contributed by atoms with van der Waals surface area (Å²) in [5.41, 5.74) is 2.30. The second-order valence-corrected chi connectivity index (χ2v) is 8.82. The number of alkyl halides is 3. The number of benzene rings is 1. The van der Waals surface area contributed by atoms with E-state index in [4.69, 9.17) is 4.74 Å². The van der Waals surface area contributed by atoms with Crippen LogP contribution in [0.3, 0.4) is 0 Å². The first-order valence-electron chi connectivity index (χ1n) is 9.70. The van der Waals surface area contributed by atoms with Crippen LogP contribution in [0, 0.1) is 5.92 Å². The van der Waals surface area contributed by atoms with E-state index in [2.05, 4.69) is 28.6 Å². The van der Waals surface area contributed by atoms with E-state index < -0.39 is 12.8 Å². The van der Waals surface area contributed by atoms with Crippen LogP contribution in [0.15, 0.2) is 36.5 Å². The van der Waals surface area contributed by atoms with Gasteiger partial charge in [0, 0.05) is 23.7 Å². The number of ether oxygens (including phenoxy) is 1. The van der Waals surface area contributed by atoms with Crippen molar-refractivity contribution in [1.82, 2.24) is 15.1 Å². The highest BCUT2D eigenvalue weighted by atomic mass is 32.1. The van der Waals surface area contributed by atoms with Crippen molar-refractivity contribution < 1.29 is 22.7 Å². The van der Waals surface area contributed by atoms with Crippen LogP contribution < -0.4 is 10.1 Å². The van der Waals surface area contributed by atoms with E-state index in [1.165, 1.54) is 11.6 Å². The number of nitrogens with one attached hydrogen (secondary N) is 1. The maximum atomic E-state index is 12.4. The first-order chi connectivity index (χ1) is 14.2. The molecular weight excluding hydrogens is 415 g/mol. The average molecular weight is 437 g/mol. The lowest BCUT2D eigenvalue weighted by Gasteiger charge is -2.12. The quantitative estimate of drug-likeness (QED) is 0.569. The van der Waals surface area contributed by atoms with Crippen LogP contribution in [0.5, 0.6) is 5.06 Å². The molecule has 3 atom stereocenters. The summed E-state index contributed by atoms with van der Waals surface area (Å²) in [6.07, 6.45) is -1.13. The number of amides is 1. The molecule has 1 fully saturated rings. The Balaban J connectivity index is 1.28. The van der Waals surface area contributed by atoms with Crippen molar-refractivity contribution >= 4 is 28.1 Å². The maximum Gasteiger partial charge on any atom is 0.422 e. The summed E-state index contributed by atoms with van der Waals surface area (Å²) >= 11 is 1.11. The number of hydrogen-bond acceptors (Lipinski definition) is 4. The van der Waals surface area contributed by atoms with Crippen molar-refractivity contribution in [2.75, 3.05) is 6.61 Å². The summed E-state index contributed by atoms with van der Waals surface area (Å²) in [6, 6.07) is 9.20. The fraction of sp³-hybridized carbons (Fsp3) is 0.429. The Morgan fingerprint density at radius 1 is 1.37 bits per heavy atom. The molecule has 0 saturated heterocycles. The molecule has 2 aromatic heterocycles. The first kappa shape index (κ1) is 20.7. The van der Waals surface area contributed by atoms with Crippen LogP contribution in [-0.4, -0.2) is 28.5 Å². The smallest absolute Gasteiger partial charge is 0.422 e. The molecule has 0 spiro atoms. The molecule has 9 heteroatoms. The molecule has 1 aromatic carbocycles. The third kappa shape index (κ3) is 4.77.